The molecule has 6 nitrogen and oxygen atoms in total. The van der Waals surface area contributed by atoms with Crippen molar-refractivity contribution < 1.29 is 9.90 Å². The van der Waals surface area contributed by atoms with Gasteiger partial charge in [0.25, 0.3) is 5.91 Å². The lowest BCUT2D eigenvalue weighted by Gasteiger charge is -2.34. The van der Waals surface area contributed by atoms with Crippen molar-refractivity contribution in [3.8, 4) is 11.1 Å². The van der Waals surface area contributed by atoms with E-state index in [-0.39, 0.29) is 5.91 Å². The molecule has 0 aliphatic carbocycles. The summed E-state index contributed by atoms with van der Waals surface area (Å²) in [5, 5.41) is 10.7. The van der Waals surface area contributed by atoms with Crippen molar-refractivity contribution in [3.05, 3.63) is 84.5 Å². The number of allylic oxidation sites excluding steroid dienone is 1. The molecule has 1 amide bonds. The number of aromatic nitrogens is 2. The third-order valence-corrected chi connectivity index (χ3v) is 6.07. The van der Waals surface area contributed by atoms with Crippen molar-refractivity contribution in [2.75, 3.05) is 32.7 Å². The van der Waals surface area contributed by atoms with E-state index in [9.17, 15) is 9.90 Å². The monoisotopic (exact) mass is 416 g/mol. The zero-order chi connectivity index (χ0) is 21.8. The van der Waals surface area contributed by atoms with Crippen LogP contribution in [0.15, 0.2) is 73.4 Å². The van der Waals surface area contributed by atoms with Crippen LogP contribution in [0, 0.1) is 0 Å². The van der Waals surface area contributed by atoms with Crippen LogP contribution in [0.5, 0.6) is 0 Å². The van der Waals surface area contributed by atoms with E-state index in [1.807, 2.05) is 30.4 Å². The Bertz CT molecular complexity index is 1020. The minimum absolute atomic E-state index is 0.0294. The molecular weight excluding hydrogens is 388 g/mol. The van der Waals surface area contributed by atoms with E-state index >= 15 is 0 Å². The van der Waals surface area contributed by atoms with Gasteiger partial charge in [0.2, 0.25) is 0 Å². The summed E-state index contributed by atoms with van der Waals surface area (Å²) in [6.45, 7) is 10.9. The minimum Gasteiger partial charge on any atom is -0.390 e. The van der Waals surface area contributed by atoms with Gasteiger partial charge in [0.15, 0.2) is 0 Å². The van der Waals surface area contributed by atoms with E-state index in [2.05, 4.69) is 28.0 Å². The fourth-order valence-electron chi connectivity index (χ4n) is 4.38. The molecular formula is C25H28N4O2. The summed E-state index contributed by atoms with van der Waals surface area (Å²) < 4.78 is 0. The van der Waals surface area contributed by atoms with Gasteiger partial charge in [-0.05, 0) is 41.2 Å². The maximum Gasteiger partial charge on any atom is 0.254 e. The highest BCUT2D eigenvalue weighted by molar-refractivity contribution is 5.98. The molecule has 1 atom stereocenters. The average molecular weight is 417 g/mol. The van der Waals surface area contributed by atoms with Crippen LogP contribution in [0.3, 0.4) is 0 Å². The largest absolute Gasteiger partial charge is 0.390 e. The van der Waals surface area contributed by atoms with Crippen LogP contribution >= 0.6 is 0 Å². The Morgan fingerprint density at radius 1 is 1.03 bits per heavy atom. The molecule has 0 saturated carbocycles. The molecule has 0 fully saturated rings. The van der Waals surface area contributed by atoms with Gasteiger partial charge in [0.05, 0.1) is 6.10 Å². The number of hydrogen-bond acceptors (Lipinski definition) is 5. The molecule has 2 aliphatic heterocycles. The summed E-state index contributed by atoms with van der Waals surface area (Å²) in [6, 6.07) is 5.93. The zero-order valence-electron chi connectivity index (χ0n) is 17.7. The van der Waals surface area contributed by atoms with Gasteiger partial charge in [-0.25, -0.2) is 9.97 Å². The van der Waals surface area contributed by atoms with E-state index in [0.29, 0.717) is 25.2 Å². The summed E-state index contributed by atoms with van der Waals surface area (Å²) in [5.74, 6) is -0.0294. The highest BCUT2D eigenvalue weighted by Gasteiger charge is 2.27. The van der Waals surface area contributed by atoms with Gasteiger partial charge in [-0.3, -0.25) is 9.69 Å². The minimum atomic E-state index is -0.604. The fraction of sp³-hybridized carbons (Fsp3) is 0.320. The van der Waals surface area contributed by atoms with Gasteiger partial charge in [0.1, 0.15) is 6.33 Å². The first kappa shape index (κ1) is 21.2. The lowest BCUT2D eigenvalue weighted by Crippen LogP contribution is -2.46. The number of carbonyl (C=O) groups is 1. The molecule has 4 rings (SSSR count). The van der Waals surface area contributed by atoms with E-state index in [0.717, 1.165) is 48.2 Å². The molecule has 1 unspecified atom stereocenters. The van der Waals surface area contributed by atoms with Crippen LogP contribution in [-0.2, 0) is 6.42 Å². The Kier molecular flexibility index (Phi) is 6.39. The van der Waals surface area contributed by atoms with Gasteiger partial charge in [-0.15, -0.1) is 0 Å². The van der Waals surface area contributed by atoms with Crippen LogP contribution in [0.4, 0.5) is 0 Å². The molecule has 1 aromatic carbocycles. The lowest BCUT2D eigenvalue weighted by atomic mass is 9.94. The van der Waals surface area contributed by atoms with Crippen LogP contribution in [0.1, 0.15) is 22.3 Å². The Hall–Kier alpha value is -3.09. The maximum atomic E-state index is 13.1. The number of amides is 1. The van der Waals surface area contributed by atoms with Gasteiger partial charge < -0.3 is 10.0 Å². The van der Waals surface area contributed by atoms with Crippen molar-refractivity contribution in [1.29, 1.82) is 0 Å². The van der Waals surface area contributed by atoms with Gasteiger partial charge >= 0.3 is 0 Å². The second-order valence-corrected chi connectivity index (χ2v) is 8.10. The molecule has 1 aromatic heterocycles. The summed E-state index contributed by atoms with van der Waals surface area (Å²) in [5.41, 5.74) is 5.93. The highest BCUT2D eigenvalue weighted by atomic mass is 16.3. The molecule has 2 aromatic rings. The number of carbonyl (C=O) groups excluding carboxylic acids is 1. The van der Waals surface area contributed by atoms with Crippen LogP contribution < -0.4 is 0 Å². The van der Waals surface area contributed by atoms with E-state index in [1.54, 1.807) is 17.3 Å². The second-order valence-electron chi connectivity index (χ2n) is 8.10. The third kappa shape index (κ3) is 4.65. The summed E-state index contributed by atoms with van der Waals surface area (Å²) in [7, 11) is 0. The number of fused-ring (bicyclic) bond motifs is 1. The highest BCUT2D eigenvalue weighted by Crippen LogP contribution is 2.26. The van der Waals surface area contributed by atoms with Crippen molar-refractivity contribution >= 4 is 5.91 Å². The fourth-order valence-corrected chi connectivity index (χ4v) is 4.38. The lowest BCUT2D eigenvalue weighted by molar-refractivity contribution is 0.0517. The van der Waals surface area contributed by atoms with Crippen molar-refractivity contribution in [1.82, 2.24) is 19.8 Å². The van der Waals surface area contributed by atoms with E-state index in [1.165, 1.54) is 11.9 Å². The first-order valence-corrected chi connectivity index (χ1v) is 10.6. The van der Waals surface area contributed by atoms with Crippen molar-refractivity contribution in [2.24, 2.45) is 0 Å². The molecule has 1 N–H and O–H groups in total. The molecule has 0 bridgehead atoms. The molecule has 6 heteroatoms. The molecule has 0 saturated heterocycles. The number of nitrogens with zero attached hydrogens (tertiary/aromatic N) is 4. The van der Waals surface area contributed by atoms with Gasteiger partial charge in [-0.2, -0.15) is 0 Å². The topological polar surface area (TPSA) is 69.6 Å². The van der Waals surface area contributed by atoms with Crippen LogP contribution in [0.2, 0.25) is 0 Å². The Morgan fingerprint density at radius 3 is 2.55 bits per heavy atom. The number of rotatable bonds is 7. The molecule has 0 spiro atoms. The molecule has 160 valence electrons. The summed E-state index contributed by atoms with van der Waals surface area (Å²) in [4.78, 5) is 25.3. The predicted molar refractivity (Wildman–Crippen MR) is 122 cm³/mol. The zero-order valence-corrected chi connectivity index (χ0v) is 17.7. The third-order valence-electron chi connectivity index (χ3n) is 6.07. The SMILES string of the molecule is C=CC1=C(C=C)CN(CC(O)CN2CCc3ccc(-c4cncnc4)cc3C2=O)CC1. The number of hydrogen-bond donors (Lipinski definition) is 1. The summed E-state index contributed by atoms with van der Waals surface area (Å²) in [6.07, 6.45) is 9.82. The normalized spacial score (nSPS) is 18.0. The predicted octanol–water partition coefficient (Wildman–Crippen LogP) is 2.88. The molecule has 3 heterocycles. The van der Waals surface area contributed by atoms with Crippen molar-refractivity contribution in [3.63, 3.8) is 0 Å². The standard InChI is InChI=1S/C25H28N4O2/c1-3-18-7-9-28(14-19(18)4-2)15-23(30)16-29-10-8-20-5-6-21(11-24(20)25(29)31)22-12-26-17-27-13-22/h3-6,11-13,17,23,30H,1-2,7-10,14-16H2. The van der Waals surface area contributed by atoms with E-state index < -0.39 is 6.10 Å². The van der Waals surface area contributed by atoms with Gasteiger partial charge in [0, 0.05) is 56.2 Å². The number of aliphatic hydroxyl groups is 1. The number of β-amino-alcohol motifs (C(OH)–C–C–N with tert-alkyl or cyclic N) is 1. The van der Waals surface area contributed by atoms with E-state index in [4.69, 9.17) is 0 Å². The molecule has 0 radical (unpaired) electrons. The van der Waals surface area contributed by atoms with Crippen LogP contribution in [0.25, 0.3) is 11.1 Å². The van der Waals surface area contributed by atoms with Crippen molar-refractivity contribution in [2.45, 2.75) is 18.9 Å². The van der Waals surface area contributed by atoms with Crippen LogP contribution in [-0.4, -0.2) is 69.6 Å². The first-order chi connectivity index (χ1) is 15.1. The Labute approximate surface area is 183 Å². The molecule has 31 heavy (non-hydrogen) atoms. The average Bonchev–Trinajstić information content (AvgIpc) is 2.81. The Balaban J connectivity index is 1.42. The smallest absolute Gasteiger partial charge is 0.254 e. The van der Waals surface area contributed by atoms with Gasteiger partial charge in [-0.1, -0.05) is 37.4 Å². The Morgan fingerprint density at radius 2 is 1.81 bits per heavy atom. The quantitative estimate of drug-likeness (QED) is 0.752. The summed E-state index contributed by atoms with van der Waals surface area (Å²) >= 11 is 0. The maximum absolute atomic E-state index is 13.1. The number of benzene rings is 1. The number of aliphatic hydroxyl groups excluding tert-OH is 1. The molecule has 2 aliphatic rings. The first-order valence-electron chi connectivity index (χ1n) is 10.6. The second kappa shape index (κ2) is 9.37.